The van der Waals surface area contributed by atoms with E-state index in [2.05, 4.69) is 48.6 Å². The molecule has 46 heavy (non-hydrogen) atoms. The first-order valence-electron chi connectivity index (χ1n) is 16.4. The number of hydrogen-bond acceptors (Lipinski definition) is 7. The molecule has 0 saturated heterocycles. The van der Waals surface area contributed by atoms with Gasteiger partial charge >= 0.3 is 0 Å². The van der Waals surface area contributed by atoms with Gasteiger partial charge in [0, 0.05) is 23.6 Å². The Bertz CT molecular complexity index is 1840. The number of aliphatic hydroxyl groups is 1. The third kappa shape index (κ3) is 6.41. The number of benzene rings is 2. The molecule has 2 aliphatic rings. The highest BCUT2D eigenvalue weighted by Crippen LogP contribution is 2.34. The number of aromatic nitrogens is 4. The number of nitrogens with one attached hydrogen (secondary N) is 1. The Morgan fingerprint density at radius 1 is 1.04 bits per heavy atom. The van der Waals surface area contributed by atoms with Gasteiger partial charge in [-0.05, 0) is 82.1 Å². The molecule has 1 aliphatic carbocycles. The van der Waals surface area contributed by atoms with Crippen LogP contribution >= 0.6 is 0 Å². The molecular weight excluding hydrogens is 580 g/mol. The second-order valence-electron chi connectivity index (χ2n) is 13.4. The van der Waals surface area contributed by atoms with Gasteiger partial charge in [0.25, 0.3) is 5.56 Å². The minimum atomic E-state index is -0.878. The Morgan fingerprint density at radius 2 is 1.78 bits per heavy atom. The van der Waals surface area contributed by atoms with Crippen LogP contribution in [0.25, 0.3) is 16.9 Å². The van der Waals surface area contributed by atoms with Crippen molar-refractivity contribution in [1.29, 1.82) is 0 Å². The van der Waals surface area contributed by atoms with Gasteiger partial charge < -0.3 is 9.84 Å². The summed E-state index contributed by atoms with van der Waals surface area (Å²) < 4.78 is 9.78. The third-order valence-corrected chi connectivity index (χ3v) is 9.12. The number of nitrogens with zero attached hydrogens (tertiary/aromatic N) is 5. The smallest absolute Gasteiger partial charge is 0.259 e. The van der Waals surface area contributed by atoms with Crippen LogP contribution in [0.2, 0.25) is 0 Å². The lowest BCUT2D eigenvalue weighted by molar-refractivity contribution is -0.119. The van der Waals surface area contributed by atoms with Crippen LogP contribution < -0.4 is 11.0 Å². The summed E-state index contributed by atoms with van der Waals surface area (Å²) in [7, 11) is 0. The maximum absolute atomic E-state index is 14.7. The zero-order valence-corrected chi connectivity index (χ0v) is 27.5. The Labute approximate surface area is 269 Å². The number of carbonyl (C=O) groups excluding carboxylic acids is 1. The minimum Gasteiger partial charge on any atom is -0.388 e. The van der Waals surface area contributed by atoms with Crippen LogP contribution in [0, 0.1) is 13.8 Å². The van der Waals surface area contributed by atoms with Crippen molar-refractivity contribution < 1.29 is 14.6 Å². The lowest BCUT2D eigenvalue weighted by Gasteiger charge is -2.32. The zero-order chi connectivity index (χ0) is 32.6. The molecule has 2 aromatic heterocycles. The second kappa shape index (κ2) is 12.9. The molecule has 10 nitrogen and oxygen atoms in total. The maximum atomic E-state index is 14.7. The summed E-state index contributed by atoms with van der Waals surface area (Å²) in [5, 5.41) is 19.3. The summed E-state index contributed by atoms with van der Waals surface area (Å²) in [4.78, 5) is 31.6. The number of aryl methyl sites for hydroxylation is 2. The fourth-order valence-electron chi connectivity index (χ4n) is 6.89. The van der Waals surface area contributed by atoms with Crippen LogP contribution in [-0.2, 0) is 22.4 Å². The van der Waals surface area contributed by atoms with Crippen LogP contribution in [0.5, 0.6) is 0 Å². The van der Waals surface area contributed by atoms with Crippen molar-refractivity contribution in [2.45, 2.75) is 104 Å². The predicted molar refractivity (Wildman–Crippen MR) is 178 cm³/mol. The summed E-state index contributed by atoms with van der Waals surface area (Å²) in [6.45, 7) is 9.83. The van der Waals surface area contributed by atoms with E-state index >= 15 is 0 Å². The average molecular weight is 625 g/mol. The molecule has 0 unspecified atom stereocenters. The Hall–Kier alpha value is -4.15. The first kappa shape index (κ1) is 31.8. The van der Waals surface area contributed by atoms with Gasteiger partial charge in [0.2, 0.25) is 11.7 Å². The quantitative estimate of drug-likeness (QED) is 0.250. The van der Waals surface area contributed by atoms with Gasteiger partial charge in [0.05, 0.1) is 36.1 Å². The Balaban J connectivity index is 1.43. The van der Waals surface area contributed by atoms with E-state index in [-0.39, 0.29) is 36.6 Å². The summed E-state index contributed by atoms with van der Waals surface area (Å²) in [6.07, 6.45) is 5.41. The van der Waals surface area contributed by atoms with Crippen LogP contribution in [0.3, 0.4) is 0 Å². The lowest BCUT2D eigenvalue weighted by Crippen LogP contribution is -2.36. The molecule has 1 fully saturated rings. The summed E-state index contributed by atoms with van der Waals surface area (Å²) in [6, 6.07) is 14.3. The number of rotatable bonds is 10. The van der Waals surface area contributed by atoms with Crippen LogP contribution in [0.15, 0.2) is 52.4 Å². The van der Waals surface area contributed by atoms with Gasteiger partial charge in [0.1, 0.15) is 5.82 Å². The first-order chi connectivity index (χ1) is 22.0. The highest BCUT2D eigenvalue weighted by Gasteiger charge is 2.30. The molecule has 3 heterocycles. The molecule has 1 aliphatic heterocycles. The van der Waals surface area contributed by atoms with Gasteiger partial charge in [-0.1, -0.05) is 55.8 Å². The normalized spacial score (nSPS) is 18.7. The van der Waals surface area contributed by atoms with Crippen molar-refractivity contribution in [1.82, 2.24) is 24.6 Å². The van der Waals surface area contributed by atoms with E-state index in [1.807, 2.05) is 34.2 Å². The molecule has 1 amide bonds. The highest BCUT2D eigenvalue weighted by atomic mass is 16.5. The van der Waals surface area contributed by atoms with E-state index in [9.17, 15) is 14.7 Å². The number of ether oxygens (including phenoxy) is 1. The number of fused-ring (bicyclic) bond motifs is 1. The lowest BCUT2D eigenvalue weighted by atomic mass is 9.87. The van der Waals surface area contributed by atoms with Crippen molar-refractivity contribution in [3.05, 3.63) is 86.6 Å². The van der Waals surface area contributed by atoms with Crippen LogP contribution in [0.1, 0.15) is 99.1 Å². The van der Waals surface area contributed by atoms with E-state index in [1.165, 1.54) is 0 Å². The van der Waals surface area contributed by atoms with Crippen LogP contribution in [0.4, 0.5) is 0 Å². The molecule has 0 radical (unpaired) electrons. The molecule has 0 spiro atoms. The molecule has 1 saturated carbocycles. The van der Waals surface area contributed by atoms with E-state index in [1.54, 1.807) is 13.8 Å². The van der Waals surface area contributed by atoms with Crippen molar-refractivity contribution >= 4 is 17.4 Å². The molecule has 242 valence electrons. The second-order valence-corrected chi connectivity index (χ2v) is 13.4. The molecule has 2 aromatic carbocycles. The minimum absolute atomic E-state index is 0.0210. The fraction of sp³-hybridized carbons (Fsp3) is 0.472. The van der Waals surface area contributed by atoms with Crippen molar-refractivity contribution in [2.75, 3.05) is 6.61 Å². The molecule has 2 N–H and O–H groups in total. The van der Waals surface area contributed by atoms with Crippen molar-refractivity contribution in [2.24, 2.45) is 5.10 Å². The number of hydrazone groups is 1. The SMILES string of the molecule is CCCc1c(Cc2ccc(-c3ccccc3)c(C3=NNC(=O)C3)c2C)c(=O)n(C2CCC(OCC(C)(C)O)CC2)c2nc(C)nn12. The van der Waals surface area contributed by atoms with E-state index < -0.39 is 5.60 Å². The average Bonchev–Trinajstić information content (AvgIpc) is 3.63. The topological polar surface area (TPSA) is 123 Å². The predicted octanol–water partition coefficient (Wildman–Crippen LogP) is 5.21. The maximum Gasteiger partial charge on any atom is 0.259 e. The molecule has 0 bridgehead atoms. The van der Waals surface area contributed by atoms with E-state index in [0.717, 1.165) is 71.2 Å². The van der Waals surface area contributed by atoms with E-state index in [4.69, 9.17) is 14.8 Å². The van der Waals surface area contributed by atoms with Crippen molar-refractivity contribution in [3.8, 4) is 11.1 Å². The molecule has 4 aromatic rings. The summed E-state index contributed by atoms with van der Waals surface area (Å²) in [5.74, 6) is 1.10. The highest BCUT2D eigenvalue weighted by molar-refractivity contribution is 6.17. The van der Waals surface area contributed by atoms with Gasteiger partial charge in [-0.3, -0.25) is 14.2 Å². The van der Waals surface area contributed by atoms with E-state index in [0.29, 0.717) is 30.2 Å². The van der Waals surface area contributed by atoms with Gasteiger partial charge in [-0.15, -0.1) is 0 Å². The Morgan fingerprint density at radius 3 is 2.43 bits per heavy atom. The largest absolute Gasteiger partial charge is 0.388 e. The number of carbonyl (C=O) groups is 1. The molecular formula is C36H44N6O4. The van der Waals surface area contributed by atoms with Gasteiger partial charge in [-0.25, -0.2) is 9.94 Å². The number of amides is 1. The van der Waals surface area contributed by atoms with Crippen LogP contribution in [-0.4, -0.2) is 54.2 Å². The molecule has 10 heteroatoms. The fourth-order valence-corrected chi connectivity index (χ4v) is 6.89. The summed E-state index contributed by atoms with van der Waals surface area (Å²) in [5.41, 5.74) is 9.05. The first-order valence-corrected chi connectivity index (χ1v) is 16.4. The third-order valence-electron chi connectivity index (χ3n) is 9.12. The van der Waals surface area contributed by atoms with Gasteiger partial charge in [-0.2, -0.15) is 15.2 Å². The van der Waals surface area contributed by atoms with Crippen molar-refractivity contribution in [3.63, 3.8) is 0 Å². The summed E-state index contributed by atoms with van der Waals surface area (Å²) >= 11 is 0. The van der Waals surface area contributed by atoms with Gasteiger partial charge in [0.15, 0.2) is 0 Å². The number of hydrogen-bond donors (Lipinski definition) is 2. The molecule has 6 rings (SSSR count). The monoisotopic (exact) mass is 624 g/mol. The Kier molecular flexibility index (Phi) is 8.94. The molecule has 0 atom stereocenters. The zero-order valence-electron chi connectivity index (χ0n) is 27.5. The standard InChI is InChI=1S/C36H44N6O4/c1-6-10-31-29(19-25-13-18-28(24-11-8-7-9-12-24)33(22(25)2)30-20-32(43)39-38-30)34(44)41(35-37-23(3)40-42(31)35)26-14-16-27(17-15-26)46-21-36(4,5)45/h7-9,11-13,18,26-27,45H,6,10,14-17,19-21H2,1-5H3,(H,39,43).